The van der Waals surface area contributed by atoms with E-state index in [1.165, 1.54) is 5.69 Å². The molecule has 0 spiro atoms. The fourth-order valence-corrected chi connectivity index (χ4v) is 3.52. The molecule has 18 heavy (non-hydrogen) atoms. The first-order valence-electron chi connectivity index (χ1n) is 6.36. The van der Waals surface area contributed by atoms with Gasteiger partial charge in [-0.2, -0.15) is 0 Å². The van der Waals surface area contributed by atoms with E-state index in [1.807, 2.05) is 12.5 Å². The third-order valence-corrected chi connectivity index (χ3v) is 4.67. The van der Waals surface area contributed by atoms with E-state index in [-0.39, 0.29) is 0 Å². The van der Waals surface area contributed by atoms with Crippen LogP contribution in [0.5, 0.6) is 0 Å². The van der Waals surface area contributed by atoms with Gasteiger partial charge in [-0.15, -0.1) is 0 Å². The Morgan fingerprint density at radius 2 is 2.33 bits per heavy atom. The molecule has 0 bridgehead atoms. The molecule has 2 heterocycles. The second-order valence-corrected chi connectivity index (χ2v) is 6.24. The zero-order chi connectivity index (χ0) is 12.8. The Morgan fingerprint density at radius 1 is 1.56 bits per heavy atom. The summed E-state index contributed by atoms with van der Waals surface area (Å²) in [5, 5.41) is 3.33. The first kappa shape index (κ1) is 13.7. The van der Waals surface area contributed by atoms with Gasteiger partial charge in [-0.05, 0) is 12.8 Å². The average molecular weight is 271 g/mol. The van der Waals surface area contributed by atoms with E-state index in [0.717, 1.165) is 44.0 Å². The number of aromatic nitrogens is 2. The molecule has 0 unspecified atom stereocenters. The second kappa shape index (κ2) is 7.01. The van der Waals surface area contributed by atoms with Crippen molar-refractivity contribution in [3.63, 3.8) is 0 Å². The van der Waals surface area contributed by atoms with Gasteiger partial charge in [-0.3, -0.25) is 4.21 Å². The van der Waals surface area contributed by atoms with Gasteiger partial charge in [-0.1, -0.05) is 0 Å². The van der Waals surface area contributed by atoms with Crippen LogP contribution in [0.3, 0.4) is 0 Å². The Bertz CT molecular complexity index is 384. The van der Waals surface area contributed by atoms with Crippen LogP contribution >= 0.6 is 0 Å². The lowest BCUT2D eigenvalue weighted by atomic mass is 10.1. The van der Waals surface area contributed by atoms with Crippen molar-refractivity contribution in [2.75, 3.05) is 31.8 Å². The molecule has 1 fully saturated rings. The average Bonchev–Trinajstić information content (AvgIpc) is 2.84. The molecule has 5 nitrogen and oxygen atoms in total. The summed E-state index contributed by atoms with van der Waals surface area (Å²) in [6, 6.07) is 0.462. The van der Waals surface area contributed by atoms with E-state index in [4.69, 9.17) is 4.74 Å². The summed E-state index contributed by atoms with van der Waals surface area (Å²) in [5.41, 5.74) is 1.20. The van der Waals surface area contributed by atoms with Gasteiger partial charge >= 0.3 is 0 Å². The summed E-state index contributed by atoms with van der Waals surface area (Å²) in [7, 11) is 1.10. The predicted octanol–water partition coefficient (Wildman–Crippen LogP) is 0.703. The Balaban J connectivity index is 1.88. The molecule has 1 aliphatic rings. The van der Waals surface area contributed by atoms with Crippen molar-refractivity contribution in [1.82, 2.24) is 14.9 Å². The third kappa shape index (κ3) is 3.63. The lowest BCUT2D eigenvalue weighted by molar-refractivity contribution is 0.199. The molecule has 0 amide bonds. The molecule has 1 saturated heterocycles. The number of nitrogens with zero attached hydrogens (tertiary/aromatic N) is 2. The molecule has 0 aromatic carbocycles. The maximum atomic E-state index is 11.4. The summed E-state index contributed by atoms with van der Waals surface area (Å²) in [6.45, 7) is 2.37. The maximum Gasteiger partial charge on any atom is 0.0951 e. The second-order valence-electron chi connectivity index (χ2n) is 4.54. The van der Waals surface area contributed by atoms with Crippen LogP contribution in [0.25, 0.3) is 0 Å². The summed E-state index contributed by atoms with van der Waals surface area (Å²) in [6.07, 6.45) is 5.79. The molecule has 0 aliphatic carbocycles. The van der Waals surface area contributed by atoms with Gasteiger partial charge in [-0.25, -0.2) is 4.98 Å². The first-order chi connectivity index (χ1) is 8.81. The first-order valence-corrected chi connectivity index (χ1v) is 7.85. The molecule has 0 atom stereocenters. The molecular weight excluding hydrogens is 250 g/mol. The molecule has 2 rings (SSSR count). The van der Waals surface area contributed by atoms with Gasteiger partial charge in [0.15, 0.2) is 0 Å². The van der Waals surface area contributed by atoms with E-state index in [0.29, 0.717) is 6.04 Å². The number of methoxy groups -OCH3 is 1. The van der Waals surface area contributed by atoms with E-state index in [9.17, 15) is 4.21 Å². The number of hydrogen-bond acceptors (Lipinski definition) is 4. The topological polar surface area (TPSA) is 56.1 Å². The maximum absolute atomic E-state index is 11.4. The highest BCUT2D eigenvalue weighted by atomic mass is 32.2. The van der Waals surface area contributed by atoms with E-state index < -0.39 is 10.8 Å². The van der Waals surface area contributed by atoms with Gasteiger partial charge in [0.25, 0.3) is 0 Å². The van der Waals surface area contributed by atoms with E-state index in [2.05, 4.69) is 14.9 Å². The summed E-state index contributed by atoms with van der Waals surface area (Å²) in [4.78, 5) is 4.23. The van der Waals surface area contributed by atoms with Crippen molar-refractivity contribution in [2.45, 2.75) is 25.4 Å². The van der Waals surface area contributed by atoms with Crippen LogP contribution in [-0.4, -0.2) is 45.5 Å². The van der Waals surface area contributed by atoms with Crippen LogP contribution in [0.2, 0.25) is 0 Å². The zero-order valence-electron chi connectivity index (χ0n) is 10.8. The fraction of sp³-hybridized carbons (Fsp3) is 0.750. The smallest absolute Gasteiger partial charge is 0.0951 e. The SMILES string of the molecule is COCCNCc1cncn1C1CCS(=O)CC1. The van der Waals surface area contributed by atoms with Crippen molar-refractivity contribution in [2.24, 2.45) is 0 Å². The van der Waals surface area contributed by atoms with Crippen molar-refractivity contribution in [1.29, 1.82) is 0 Å². The fourth-order valence-electron chi connectivity index (χ4n) is 2.25. The summed E-state index contributed by atoms with van der Waals surface area (Å²) >= 11 is 0. The number of rotatable bonds is 6. The highest BCUT2D eigenvalue weighted by Gasteiger charge is 2.20. The Morgan fingerprint density at radius 3 is 3.06 bits per heavy atom. The quantitative estimate of drug-likeness (QED) is 0.774. The van der Waals surface area contributed by atoms with Gasteiger partial charge in [0, 0.05) is 54.7 Å². The molecule has 102 valence electrons. The Kier molecular flexibility index (Phi) is 5.34. The Hall–Kier alpha value is -0.720. The molecule has 6 heteroatoms. The number of ether oxygens (including phenoxy) is 1. The minimum absolute atomic E-state index is 0.462. The molecule has 0 saturated carbocycles. The standard InChI is InChI=1S/C12H21N3O2S/c1-17-5-4-13-8-12-9-14-10-15(12)11-2-6-18(16)7-3-11/h9-11,13H,2-8H2,1H3. The zero-order valence-corrected chi connectivity index (χ0v) is 11.6. The van der Waals surface area contributed by atoms with Crippen molar-refractivity contribution < 1.29 is 8.95 Å². The van der Waals surface area contributed by atoms with Crippen LogP contribution in [0, 0.1) is 0 Å². The van der Waals surface area contributed by atoms with Crippen molar-refractivity contribution in [3.05, 3.63) is 18.2 Å². The van der Waals surface area contributed by atoms with Crippen LogP contribution in [-0.2, 0) is 22.1 Å². The molecule has 1 aromatic heterocycles. The predicted molar refractivity (Wildman–Crippen MR) is 72.0 cm³/mol. The summed E-state index contributed by atoms with van der Waals surface area (Å²) < 4.78 is 18.6. The number of hydrogen-bond donors (Lipinski definition) is 1. The molecule has 1 aliphatic heterocycles. The largest absolute Gasteiger partial charge is 0.383 e. The molecular formula is C12H21N3O2S. The van der Waals surface area contributed by atoms with E-state index >= 15 is 0 Å². The third-order valence-electron chi connectivity index (χ3n) is 3.29. The van der Waals surface area contributed by atoms with Gasteiger partial charge in [0.1, 0.15) is 0 Å². The van der Waals surface area contributed by atoms with Gasteiger partial charge in [0.05, 0.1) is 18.6 Å². The monoisotopic (exact) mass is 271 g/mol. The normalized spacial score (nSPS) is 24.3. The van der Waals surface area contributed by atoms with Crippen molar-refractivity contribution in [3.8, 4) is 0 Å². The molecule has 0 radical (unpaired) electrons. The minimum Gasteiger partial charge on any atom is -0.383 e. The molecule has 1 N–H and O–H groups in total. The minimum atomic E-state index is -0.603. The van der Waals surface area contributed by atoms with Gasteiger partial charge < -0.3 is 14.6 Å². The summed E-state index contributed by atoms with van der Waals surface area (Å²) in [5.74, 6) is 1.64. The van der Waals surface area contributed by atoms with Crippen LogP contribution in [0.15, 0.2) is 12.5 Å². The highest BCUT2D eigenvalue weighted by molar-refractivity contribution is 7.85. The van der Waals surface area contributed by atoms with Crippen LogP contribution in [0.4, 0.5) is 0 Å². The van der Waals surface area contributed by atoms with Crippen molar-refractivity contribution >= 4 is 10.8 Å². The van der Waals surface area contributed by atoms with Gasteiger partial charge in [0.2, 0.25) is 0 Å². The van der Waals surface area contributed by atoms with Crippen LogP contribution < -0.4 is 5.32 Å². The lowest BCUT2D eigenvalue weighted by Gasteiger charge is -2.24. The lowest BCUT2D eigenvalue weighted by Crippen LogP contribution is -2.25. The highest BCUT2D eigenvalue weighted by Crippen LogP contribution is 2.23. The van der Waals surface area contributed by atoms with Crippen LogP contribution in [0.1, 0.15) is 24.6 Å². The van der Waals surface area contributed by atoms with E-state index in [1.54, 1.807) is 7.11 Å². The Labute approximate surface area is 110 Å². The molecule has 1 aromatic rings. The number of nitrogens with one attached hydrogen (secondary N) is 1. The number of imidazole rings is 1.